The molecule has 2 fully saturated rings. The van der Waals surface area contributed by atoms with Crippen molar-refractivity contribution in [3.8, 4) is 0 Å². The molecule has 1 heterocycles. The van der Waals surface area contributed by atoms with E-state index >= 15 is 0 Å². The normalized spacial score (nSPS) is 33.8. The van der Waals surface area contributed by atoms with Gasteiger partial charge in [-0.05, 0) is 33.1 Å². The van der Waals surface area contributed by atoms with Gasteiger partial charge in [0, 0.05) is 33.4 Å². The van der Waals surface area contributed by atoms with E-state index in [1.165, 1.54) is 0 Å². The number of nitrogens with zero attached hydrogens (tertiary/aromatic N) is 1. The lowest BCUT2D eigenvalue weighted by atomic mass is 10.3. The van der Waals surface area contributed by atoms with Gasteiger partial charge in [0.2, 0.25) is 0 Å². The predicted octanol–water partition coefficient (Wildman–Crippen LogP) is 1.27. The molecule has 1 saturated heterocycles. The minimum absolute atomic E-state index is 0. The number of hydrogen-bond acceptors (Lipinski definition) is 5. The molecule has 0 aromatic carbocycles. The van der Waals surface area contributed by atoms with E-state index in [2.05, 4.69) is 18.7 Å². The van der Waals surface area contributed by atoms with E-state index in [4.69, 9.17) is 14.6 Å². The molecule has 1 aliphatic carbocycles. The fraction of sp³-hybridized carbons (Fsp3) is 1.00. The maximum Gasteiger partial charge on any atom is 0.0969 e. The van der Waals surface area contributed by atoms with E-state index in [0.717, 1.165) is 32.4 Å². The zero-order valence-electron chi connectivity index (χ0n) is 12.6. The number of aliphatic hydroxyl groups is 2. The molecule has 122 valence electrons. The molecule has 0 bridgehead atoms. The van der Waals surface area contributed by atoms with Crippen molar-refractivity contribution >= 4 is 0 Å². The third-order valence-electron chi connectivity index (χ3n) is 4.02. The highest BCUT2D eigenvalue weighted by Gasteiger charge is 2.32. The van der Waals surface area contributed by atoms with E-state index in [1.807, 2.05) is 0 Å². The smallest absolute Gasteiger partial charge is 0.0969 e. The summed E-state index contributed by atoms with van der Waals surface area (Å²) in [5.41, 5.74) is 0. The van der Waals surface area contributed by atoms with Crippen LogP contribution in [0.3, 0.4) is 0 Å². The summed E-state index contributed by atoms with van der Waals surface area (Å²) < 4.78 is 10.1. The Morgan fingerprint density at radius 1 is 0.950 bits per heavy atom. The molecular formula is C15H33NO4. The lowest BCUT2D eigenvalue weighted by molar-refractivity contribution is 0.00983. The zero-order chi connectivity index (χ0) is 14.4. The van der Waals surface area contributed by atoms with Crippen LogP contribution in [0, 0.1) is 0 Å². The number of likely N-dealkylation sites (tertiary alicyclic amines) is 1. The van der Waals surface area contributed by atoms with Gasteiger partial charge in [-0.15, -0.1) is 0 Å². The SMILES string of the molecule is C.CO[C@@H]1CCC[C@H]1O.CO[C@@H]1CN(C(C)C)C[C@H]1O. The highest BCUT2D eigenvalue weighted by Crippen LogP contribution is 2.20. The van der Waals surface area contributed by atoms with Gasteiger partial charge in [0.15, 0.2) is 0 Å². The molecule has 0 aromatic rings. The fourth-order valence-electron chi connectivity index (χ4n) is 2.62. The summed E-state index contributed by atoms with van der Waals surface area (Å²) in [5.74, 6) is 0. The molecule has 0 aromatic heterocycles. The van der Waals surface area contributed by atoms with Gasteiger partial charge in [0.25, 0.3) is 0 Å². The topological polar surface area (TPSA) is 62.2 Å². The van der Waals surface area contributed by atoms with Gasteiger partial charge >= 0.3 is 0 Å². The summed E-state index contributed by atoms with van der Waals surface area (Å²) in [6.45, 7) is 5.86. The van der Waals surface area contributed by atoms with Crippen LogP contribution in [0.5, 0.6) is 0 Å². The second kappa shape index (κ2) is 9.68. The van der Waals surface area contributed by atoms with Crippen molar-refractivity contribution in [2.75, 3.05) is 27.3 Å². The number of hydrogen-bond donors (Lipinski definition) is 2. The van der Waals surface area contributed by atoms with E-state index in [1.54, 1.807) is 14.2 Å². The minimum Gasteiger partial charge on any atom is -0.390 e. The van der Waals surface area contributed by atoms with E-state index in [-0.39, 0.29) is 31.8 Å². The quantitative estimate of drug-likeness (QED) is 0.820. The van der Waals surface area contributed by atoms with Crippen LogP contribution in [-0.2, 0) is 9.47 Å². The lowest BCUT2D eigenvalue weighted by Crippen LogP contribution is -2.29. The molecule has 2 rings (SSSR count). The van der Waals surface area contributed by atoms with Crippen molar-refractivity contribution < 1.29 is 19.7 Å². The first-order valence-corrected chi connectivity index (χ1v) is 7.15. The van der Waals surface area contributed by atoms with Crippen LogP contribution < -0.4 is 0 Å². The van der Waals surface area contributed by atoms with Crippen LogP contribution in [0.4, 0.5) is 0 Å². The van der Waals surface area contributed by atoms with Crippen molar-refractivity contribution in [1.82, 2.24) is 4.90 Å². The first kappa shape index (κ1) is 19.8. The fourth-order valence-corrected chi connectivity index (χ4v) is 2.62. The lowest BCUT2D eigenvalue weighted by Gasteiger charge is -2.19. The standard InChI is InChI=1S/C8H17NO2.C6H12O2.CH4/c1-6(2)9-4-7(10)8(5-9)11-3;1-8-6-4-2-3-5(6)7;/h6-8,10H,4-5H2,1-3H3;5-7H,2-4H2,1H3;1H4/t7-,8-;5-,6-;/m11./s1. The van der Waals surface area contributed by atoms with Crippen LogP contribution in [0.15, 0.2) is 0 Å². The molecule has 0 radical (unpaired) electrons. The molecule has 0 unspecified atom stereocenters. The molecule has 1 aliphatic heterocycles. The predicted molar refractivity (Wildman–Crippen MR) is 80.9 cm³/mol. The van der Waals surface area contributed by atoms with Gasteiger partial charge < -0.3 is 19.7 Å². The van der Waals surface area contributed by atoms with Crippen molar-refractivity contribution in [2.24, 2.45) is 0 Å². The van der Waals surface area contributed by atoms with Gasteiger partial charge in [-0.2, -0.15) is 0 Å². The first-order chi connectivity index (χ1) is 8.99. The number of ether oxygens (including phenoxy) is 2. The van der Waals surface area contributed by atoms with Crippen LogP contribution in [0.1, 0.15) is 40.5 Å². The summed E-state index contributed by atoms with van der Waals surface area (Å²) in [4.78, 5) is 2.22. The van der Waals surface area contributed by atoms with E-state index in [0.29, 0.717) is 6.04 Å². The molecule has 5 nitrogen and oxygen atoms in total. The minimum atomic E-state index is -0.303. The van der Waals surface area contributed by atoms with Crippen molar-refractivity contribution in [1.29, 1.82) is 0 Å². The Hall–Kier alpha value is -0.200. The van der Waals surface area contributed by atoms with Crippen LogP contribution in [0.2, 0.25) is 0 Å². The van der Waals surface area contributed by atoms with Crippen molar-refractivity contribution in [3.05, 3.63) is 0 Å². The Morgan fingerprint density at radius 3 is 1.80 bits per heavy atom. The van der Waals surface area contributed by atoms with Crippen molar-refractivity contribution in [2.45, 2.75) is 71.0 Å². The summed E-state index contributed by atoms with van der Waals surface area (Å²) in [7, 11) is 3.30. The Labute approximate surface area is 123 Å². The Kier molecular flexibility index (Phi) is 9.59. The largest absolute Gasteiger partial charge is 0.390 e. The van der Waals surface area contributed by atoms with Crippen LogP contribution >= 0.6 is 0 Å². The molecule has 5 heteroatoms. The third-order valence-corrected chi connectivity index (χ3v) is 4.02. The van der Waals surface area contributed by atoms with Gasteiger partial charge in [0.05, 0.1) is 24.4 Å². The highest BCUT2D eigenvalue weighted by molar-refractivity contribution is 4.85. The number of rotatable bonds is 3. The van der Waals surface area contributed by atoms with Gasteiger partial charge in [0.1, 0.15) is 0 Å². The summed E-state index contributed by atoms with van der Waals surface area (Å²) >= 11 is 0. The molecular weight excluding hydrogens is 258 g/mol. The molecule has 1 saturated carbocycles. The highest BCUT2D eigenvalue weighted by atomic mass is 16.5. The number of β-amino-alcohol motifs (C(OH)–C–C–N with tert-alkyl or cyclic N) is 1. The van der Waals surface area contributed by atoms with Crippen molar-refractivity contribution in [3.63, 3.8) is 0 Å². The average Bonchev–Trinajstić information content (AvgIpc) is 2.95. The van der Waals surface area contributed by atoms with Gasteiger partial charge in [-0.1, -0.05) is 7.43 Å². The van der Waals surface area contributed by atoms with Crippen LogP contribution in [-0.4, -0.2) is 72.9 Å². The van der Waals surface area contributed by atoms with E-state index < -0.39 is 0 Å². The molecule has 2 N–H and O–H groups in total. The van der Waals surface area contributed by atoms with E-state index in [9.17, 15) is 5.11 Å². The molecule has 2 aliphatic rings. The third kappa shape index (κ3) is 5.66. The molecule has 20 heavy (non-hydrogen) atoms. The summed E-state index contributed by atoms with van der Waals surface area (Å²) in [6.07, 6.45) is 2.69. The second-order valence-electron chi connectivity index (χ2n) is 5.66. The Morgan fingerprint density at radius 2 is 1.55 bits per heavy atom. The first-order valence-electron chi connectivity index (χ1n) is 7.15. The molecule has 4 atom stereocenters. The van der Waals surface area contributed by atoms with Gasteiger partial charge in [-0.25, -0.2) is 0 Å². The Balaban J connectivity index is 0.000000359. The zero-order valence-corrected chi connectivity index (χ0v) is 12.6. The number of aliphatic hydroxyl groups excluding tert-OH is 2. The maximum absolute atomic E-state index is 9.44. The number of methoxy groups -OCH3 is 2. The monoisotopic (exact) mass is 291 g/mol. The summed E-state index contributed by atoms with van der Waals surface area (Å²) in [5, 5.41) is 18.5. The second-order valence-corrected chi connectivity index (χ2v) is 5.66. The Bertz CT molecular complexity index is 250. The maximum atomic E-state index is 9.44. The van der Waals surface area contributed by atoms with Crippen LogP contribution in [0.25, 0.3) is 0 Å². The molecule has 0 spiro atoms. The molecule has 0 amide bonds. The average molecular weight is 291 g/mol. The van der Waals surface area contributed by atoms with Gasteiger partial charge in [-0.3, -0.25) is 4.90 Å². The summed E-state index contributed by atoms with van der Waals surface area (Å²) in [6, 6.07) is 0.504.